The van der Waals surface area contributed by atoms with Crippen molar-refractivity contribution in [3.63, 3.8) is 0 Å². The maximum absolute atomic E-state index is 13.4. The van der Waals surface area contributed by atoms with Gasteiger partial charge in [-0.3, -0.25) is 4.79 Å². The molecule has 0 spiro atoms. The minimum absolute atomic E-state index is 0.107. The number of ether oxygens (including phenoxy) is 2. The molecule has 2 aliphatic rings. The van der Waals surface area contributed by atoms with Crippen LogP contribution in [-0.4, -0.2) is 49.1 Å². The molecule has 2 saturated heterocycles. The van der Waals surface area contributed by atoms with Crippen LogP contribution in [0, 0.1) is 11.6 Å². The van der Waals surface area contributed by atoms with E-state index in [1.165, 1.54) is 17.0 Å². The summed E-state index contributed by atoms with van der Waals surface area (Å²) < 4.78 is 38.1. The largest absolute Gasteiger partial charge is 0.373 e. The van der Waals surface area contributed by atoms with Gasteiger partial charge in [-0.05, 0) is 38.0 Å². The van der Waals surface area contributed by atoms with E-state index in [4.69, 9.17) is 17.3 Å². The summed E-state index contributed by atoms with van der Waals surface area (Å²) in [6, 6.07) is 2.95. The number of hydrogen-bond donors (Lipinski definition) is 0. The molecule has 0 saturated carbocycles. The van der Waals surface area contributed by atoms with E-state index >= 15 is 0 Å². The molecule has 2 fully saturated rings. The summed E-state index contributed by atoms with van der Waals surface area (Å²) in [4.78, 5) is 13.3. The molecule has 1 aromatic rings. The minimum atomic E-state index is -0.873. The molecule has 0 aromatic heterocycles. The van der Waals surface area contributed by atoms with E-state index < -0.39 is 29.2 Å². The number of halogens is 2. The summed E-state index contributed by atoms with van der Waals surface area (Å²) in [5, 5.41) is 0. The zero-order valence-electron chi connectivity index (χ0n) is 13.1. The normalized spacial score (nSPS) is 28.9. The maximum atomic E-state index is 13.4. The first-order valence-electron chi connectivity index (χ1n) is 7.59. The second-order valence-corrected chi connectivity index (χ2v) is 6.55. The molecular weight excluding hydrogens is 303 g/mol. The Kier molecular flexibility index (Phi) is 4.18. The molecule has 4 nitrogen and oxygen atoms in total. The average molecular weight is 321 g/mol. The number of rotatable bonds is 4. The smallest absolute Gasteiger partial charge is 0.200 e. The van der Waals surface area contributed by atoms with Gasteiger partial charge in [0.15, 0.2) is 5.81 Å². The van der Waals surface area contributed by atoms with E-state index in [0.717, 1.165) is 6.07 Å². The maximum Gasteiger partial charge on any atom is 0.200 e. The Balaban J connectivity index is 1.87. The molecule has 0 N–H and O–H groups in total. The van der Waals surface area contributed by atoms with Crippen molar-refractivity contribution in [1.29, 1.82) is 0 Å². The summed E-state index contributed by atoms with van der Waals surface area (Å²) in [6.07, 6.45) is 0.695. The van der Waals surface area contributed by atoms with Crippen LogP contribution >= 0.6 is 0 Å². The van der Waals surface area contributed by atoms with Crippen LogP contribution in [0.25, 0.3) is 0 Å². The molecule has 0 bridgehead atoms. The Morgan fingerprint density at radius 2 is 1.96 bits per heavy atom. The number of amides is 1. The topological polar surface area (TPSA) is 42.1 Å². The van der Waals surface area contributed by atoms with E-state index in [-0.39, 0.29) is 18.6 Å². The van der Waals surface area contributed by atoms with E-state index in [0.29, 0.717) is 18.6 Å². The predicted octanol–water partition coefficient (Wildman–Crippen LogP) is 2.39. The standard InChI is InChI=1S/C16H18BF2NO3/c1-16(2)20(15(17)21)13(14(23-16)7-12-8-22-12)5-9-3-10(18)6-11(19)4-9/h3-4,6,12-14H,5,7-8H2,1-2H3/t12-,13+,14+/m1/s1. The SMILES string of the molecule is [B]C(=O)N1[C@@H](Cc2cc(F)cc(F)c2)[C@H](C[C@@H]2CO2)OC1(C)C. The molecule has 2 radical (unpaired) electrons. The Bertz CT molecular complexity index is 601. The lowest BCUT2D eigenvalue weighted by molar-refractivity contribution is -0.0606. The van der Waals surface area contributed by atoms with Gasteiger partial charge in [0.25, 0.3) is 0 Å². The van der Waals surface area contributed by atoms with Crippen LogP contribution in [0.3, 0.4) is 0 Å². The van der Waals surface area contributed by atoms with Crippen molar-refractivity contribution >= 4 is 13.7 Å². The van der Waals surface area contributed by atoms with E-state index in [2.05, 4.69) is 0 Å². The second-order valence-electron chi connectivity index (χ2n) is 6.55. The van der Waals surface area contributed by atoms with Crippen LogP contribution in [0.2, 0.25) is 0 Å². The summed E-state index contributed by atoms with van der Waals surface area (Å²) in [6.45, 7) is 4.17. The molecule has 1 aromatic carbocycles. The van der Waals surface area contributed by atoms with Crippen LogP contribution in [0.15, 0.2) is 18.2 Å². The van der Waals surface area contributed by atoms with E-state index in [1.54, 1.807) is 13.8 Å². The van der Waals surface area contributed by atoms with Crippen molar-refractivity contribution in [3.8, 4) is 0 Å². The summed E-state index contributed by atoms with van der Waals surface area (Å²) >= 11 is 0. The third-order valence-corrected chi connectivity index (χ3v) is 4.28. The highest BCUT2D eigenvalue weighted by Gasteiger charge is 2.49. The van der Waals surface area contributed by atoms with Crippen molar-refractivity contribution in [3.05, 3.63) is 35.4 Å². The Morgan fingerprint density at radius 1 is 1.35 bits per heavy atom. The average Bonchev–Trinajstić information content (AvgIpc) is 3.14. The fourth-order valence-electron chi connectivity index (χ4n) is 3.36. The monoisotopic (exact) mass is 321 g/mol. The first-order valence-corrected chi connectivity index (χ1v) is 7.59. The van der Waals surface area contributed by atoms with Crippen LogP contribution in [-0.2, 0) is 15.9 Å². The van der Waals surface area contributed by atoms with Gasteiger partial charge < -0.3 is 14.4 Å². The molecule has 0 aliphatic carbocycles. The first-order chi connectivity index (χ1) is 10.8. The number of benzene rings is 1. The van der Waals surface area contributed by atoms with Gasteiger partial charge in [-0.15, -0.1) is 0 Å². The zero-order chi connectivity index (χ0) is 16.8. The van der Waals surface area contributed by atoms with Crippen LogP contribution in [0.1, 0.15) is 25.8 Å². The van der Waals surface area contributed by atoms with E-state index in [9.17, 15) is 13.6 Å². The van der Waals surface area contributed by atoms with Gasteiger partial charge in [-0.1, -0.05) is 0 Å². The highest BCUT2D eigenvalue weighted by Crippen LogP contribution is 2.37. The van der Waals surface area contributed by atoms with Gasteiger partial charge in [0.1, 0.15) is 17.4 Å². The molecule has 1 amide bonds. The van der Waals surface area contributed by atoms with Gasteiger partial charge in [-0.2, -0.15) is 0 Å². The lowest BCUT2D eigenvalue weighted by atomic mass is 9.94. The molecule has 3 atom stereocenters. The van der Waals surface area contributed by atoms with Crippen molar-refractivity contribution in [2.45, 2.75) is 50.7 Å². The van der Waals surface area contributed by atoms with Crippen LogP contribution < -0.4 is 0 Å². The third kappa shape index (κ3) is 3.56. The van der Waals surface area contributed by atoms with E-state index in [1.807, 2.05) is 0 Å². The van der Waals surface area contributed by atoms with Crippen molar-refractivity contribution in [2.24, 2.45) is 0 Å². The Hall–Kier alpha value is -1.47. The lowest BCUT2D eigenvalue weighted by Gasteiger charge is -2.33. The van der Waals surface area contributed by atoms with Crippen LogP contribution in [0.5, 0.6) is 0 Å². The quantitative estimate of drug-likeness (QED) is 0.632. The molecule has 7 heteroatoms. The third-order valence-electron chi connectivity index (χ3n) is 4.28. The molecule has 2 aliphatic heterocycles. The fourth-order valence-corrected chi connectivity index (χ4v) is 3.36. The zero-order valence-corrected chi connectivity index (χ0v) is 13.1. The summed E-state index contributed by atoms with van der Waals surface area (Å²) in [5.74, 6) is -1.91. The predicted molar refractivity (Wildman–Crippen MR) is 80.1 cm³/mol. The number of carbonyl (C=O) groups is 1. The molecule has 0 unspecified atom stereocenters. The van der Waals surface area contributed by atoms with Gasteiger partial charge >= 0.3 is 0 Å². The second kappa shape index (κ2) is 5.87. The lowest BCUT2D eigenvalue weighted by Crippen LogP contribution is -2.48. The first kappa shape index (κ1) is 16.4. The summed E-state index contributed by atoms with van der Waals surface area (Å²) in [5.41, 5.74) is -0.413. The number of nitrogens with zero attached hydrogens (tertiary/aromatic N) is 1. The van der Waals surface area contributed by atoms with Crippen molar-refractivity contribution in [2.75, 3.05) is 6.61 Å². The van der Waals surface area contributed by atoms with Crippen LogP contribution in [0.4, 0.5) is 13.6 Å². The molecular formula is C16H18BF2NO3. The number of hydrogen-bond acceptors (Lipinski definition) is 3. The van der Waals surface area contributed by atoms with Gasteiger partial charge in [0.05, 0.1) is 24.9 Å². The highest BCUT2D eigenvalue weighted by atomic mass is 19.1. The number of epoxide rings is 1. The summed E-state index contributed by atoms with van der Waals surface area (Å²) in [7, 11) is 5.51. The molecule has 2 heterocycles. The van der Waals surface area contributed by atoms with Crippen molar-refractivity contribution in [1.82, 2.24) is 4.90 Å². The Labute approximate surface area is 135 Å². The molecule has 3 rings (SSSR count). The van der Waals surface area contributed by atoms with Crippen molar-refractivity contribution < 1.29 is 23.0 Å². The fraction of sp³-hybridized carbons (Fsp3) is 0.562. The van der Waals surface area contributed by atoms with Gasteiger partial charge in [-0.25, -0.2) is 8.78 Å². The minimum Gasteiger partial charge on any atom is -0.373 e. The molecule has 23 heavy (non-hydrogen) atoms. The van der Waals surface area contributed by atoms with Gasteiger partial charge in [0, 0.05) is 12.5 Å². The highest BCUT2D eigenvalue weighted by molar-refractivity contribution is 6.57. The number of carbonyl (C=O) groups excluding carboxylic acids is 1. The van der Waals surface area contributed by atoms with Gasteiger partial charge in [0.2, 0.25) is 7.85 Å². The Morgan fingerprint density at radius 3 is 2.48 bits per heavy atom. The molecule has 122 valence electrons.